The third kappa shape index (κ3) is 4.44. The van der Waals surface area contributed by atoms with E-state index in [0.717, 1.165) is 45.1 Å². The van der Waals surface area contributed by atoms with Crippen molar-refractivity contribution in [3.05, 3.63) is 11.6 Å². The summed E-state index contributed by atoms with van der Waals surface area (Å²) in [4.78, 5) is 26.1. The van der Waals surface area contributed by atoms with Crippen molar-refractivity contribution >= 4 is 11.9 Å². The molecule has 7 heteroatoms. The van der Waals surface area contributed by atoms with Gasteiger partial charge in [0.15, 0.2) is 6.10 Å². The minimum absolute atomic E-state index is 0.133. The number of esters is 1. The van der Waals surface area contributed by atoms with E-state index in [-0.39, 0.29) is 39.7 Å². The molecule has 0 aromatic rings. The molecule has 0 amide bonds. The highest BCUT2D eigenvalue weighted by Gasteiger charge is 2.85. The number of aliphatic carboxylic acids is 1. The van der Waals surface area contributed by atoms with Crippen LogP contribution in [0.15, 0.2) is 11.6 Å². The third-order valence-electron chi connectivity index (χ3n) is 15.3. The van der Waals surface area contributed by atoms with Crippen molar-refractivity contribution in [2.24, 2.45) is 63.1 Å². The number of carboxylic acid groups (broad SMARTS) is 1. The third-order valence-corrected chi connectivity index (χ3v) is 15.3. The fourth-order valence-electron chi connectivity index (χ4n) is 12.5. The van der Waals surface area contributed by atoms with Gasteiger partial charge in [-0.15, -0.1) is 0 Å². The zero-order valence-electron chi connectivity index (χ0n) is 29.7. The van der Waals surface area contributed by atoms with Gasteiger partial charge in [0, 0.05) is 24.9 Å². The van der Waals surface area contributed by atoms with Gasteiger partial charge in [-0.1, -0.05) is 74.0 Å². The second-order valence-electron chi connectivity index (χ2n) is 17.6. The quantitative estimate of drug-likeness (QED) is 0.163. The number of carboxylic acids is 1. The monoisotopic (exact) mass is 627 g/mol. The van der Waals surface area contributed by atoms with Gasteiger partial charge in [0.1, 0.15) is 11.7 Å². The molecule has 2 spiro atoms. The van der Waals surface area contributed by atoms with E-state index in [1.165, 1.54) is 12.5 Å². The van der Waals surface area contributed by atoms with Gasteiger partial charge < -0.3 is 24.6 Å². The molecule has 2 saturated heterocycles. The van der Waals surface area contributed by atoms with Crippen molar-refractivity contribution in [3.8, 4) is 0 Å². The second-order valence-corrected chi connectivity index (χ2v) is 17.6. The van der Waals surface area contributed by atoms with Crippen LogP contribution in [0.25, 0.3) is 0 Å². The van der Waals surface area contributed by atoms with Crippen molar-refractivity contribution in [2.45, 2.75) is 132 Å². The van der Waals surface area contributed by atoms with E-state index < -0.39 is 23.6 Å². The van der Waals surface area contributed by atoms with Crippen LogP contribution < -0.4 is 5.32 Å². The van der Waals surface area contributed by atoms with Gasteiger partial charge in [0.25, 0.3) is 0 Å². The Morgan fingerprint density at radius 2 is 1.80 bits per heavy atom. The first-order valence-corrected chi connectivity index (χ1v) is 18.1. The average molecular weight is 628 g/mol. The number of carbonyl (C=O) groups is 2. The topological polar surface area (TPSA) is 94.1 Å². The molecule has 2 heterocycles. The SMILES string of the molecule is CC(=O)O[C@H]1[C@H](OCCNC(C)C)[C@@H](C)[C@H]2COC13C[C@]31C3=CC[C@@]4(C)[C@H](C(=O)O)[C@@](C)([C@H](C)C(C)C)CC[C@]4(C)[C@H]3CCC21. The maximum atomic E-state index is 13.4. The van der Waals surface area contributed by atoms with Crippen LogP contribution >= 0.6 is 0 Å². The van der Waals surface area contributed by atoms with Crippen molar-refractivity contribution in [3.63, 3.8) is 0 Å². The van der Waals surface area contributed by atoms with E-state index in [1.807, 2.05) is 0 Å². The van der Waals surface area contributed by atoms with Gasteiger partial charge in [-0.05, 0) is 90.3 Å². The highest BCUT2D eigenvalue weighted by molar-refractivity contribution is 5.73. The molecule has 6 fully saturated rings. The summed E-state index contributed by atoms with van der Waals surface area (Å²) in [6, 6.07) is 0.381. The number of hydrogen-bond donors (Lipinski definition) is 2. The lowest BCUT2D eigenvalue weighted by atomic mass is 9.36. The fraction of sp³-hybridized carbons (Fsp3) is 0.895. The Bertz CT molecular complexity index is 1230. The minimum atomic E-state index is -0.627. The van der Waals surface area contributed by atoms with Gasteiger partial charge in [-0.2, -0.15) is 0 Å². The van der Waals surface area contributed by atoms with Gasteiger partial charge >= 0.3 is 11.9 Å². The van der Waals surface area contributed by atoms with E-state index in [9.17, 15) is 14.7 Å². The van der Waals surface area contributed by atoms with Gasteiger partial charge in [0.05, 0.1) is 19.1 Å². The van der Waals surface area contributed by atoms with Crippen molar-refractivity contribution in [1.82, 2.24) is 5.32 Å². The lowest BCUT2D eigenvalue weighted by molar-refractivity contribution is -0.199. The van der Waals surface area contributed by atoms with Crippen molar-refractivity contribution in [1.29, 1.82) is 0 Å². The molecule has 2 bridgehead atoms. The number of ether oxygens (including phenoxy) is 3. The van der Waals surface area contributed by atoms with Gasteiger partial charge in [-0.3, -0.25) is 9.59 Å². The Morgan fingerprint density at radius 1 is 1.09 bits per heavy atom. The fourth-order valence-corrected chi connectivity index (χ4v) is 12.5. The van der Waals surface area contributed by atoms with E-state index in [2.05, 4.69) is 73.7 Å². The summed E-state index contributed by atoms with van der Waals surface area (Å²) < 4.78 is 19.9. The van der Waals surface area contributed by atoms with Gasteiger partial charge in [0.2, 0.25) is 0 Å². The first-order chi connectivity index (χ1) is 21.0. The molecule has 5 aliphatic carbocycles. The van der Waals surface area contributed by atoms with E-state index in [0.29, 0.717) is 48.8 Å². The number of fused-ring (bicyclic) bond motifs is 6. The Morgan fingerprint density at radius 3 is 2.42 bits per heavy atom. The maximum absolute atomic E-state index is 13.4. The van der Waals surface area contributed by atoms with Crippen molar-refractivity contribution < 1.29 is 28.9 Å². The second kappa shape index (κ2) is 11.1. The molecule has 4 saturated carbocycles. The molecule has 2 aliphatic heterocycles. The van der Waals surface area contributed by atoms with Crippen LogP contribution in [0.4, 0.5) is 0 Å². The summed E-state index contributed by atoms with van der Waals surface area (Å²) in [6.45, 7) is 23.9. The smallest absolute Gasteiger partial charge is 0.307 e. The summed E-state index contributed by atoms with van der Waals surface area (Å²) in [7, 11) is 0. The number of carbonyl (C=O) groups excluding carboxylic acids is 1. The number of hydrogen-bond acceptors (Lipinski definition) is 6. The Hall–Kier alpha value is -1.44. The zero-order valence-corrected chi connectivity index (χ0v) is 29.7. The molecule has 2 N–H and O–H groups in total. The maximum Gasteiger partial charge on any atom is 0.307 e. The number of nitrogens with one attached hydrogen (secondary N) is 1. The van der Waals surface area contributed by atoms with E-state index in [4.69, 9.17) is 14.2 Å². The van der Waals surface area contributed by atoms with E-state index in [1.54, 1.807) is 0 Å². The van der Waals surface area contributed by atoms with E-state index >= 15 is 0 Å². The molecule has 7 rings (SSSR count). The Kier molecular flexibility index (Phi) is 8.22. The molecular weight excluding hydrogens is 566 g/mol. The predicted molar refractivity (Wildman–Crippen MR) is 174 cm³/mol. The summed E-state index contributed by atoms with van der Waals surface area (Å²) in [5, 5.41) is 14.4. The van der Waals surface area contributed by atoms with Crippen LogP contribution in [-0.4, -0.2) is 60.7 Å². The molecule has 0 aromatic heterocycles. The average Bonchev–Trinajstić information content (AvgIpc) is 3.67. The van der Waals surface area contributed by atoms with Crippen LogP contribution in [0.2, 0.25) is 0 Å². The highest BCUT2D eigenvalue weighted by Crippen LogP contribution is 2.82. The minimum Gasteiger partial charge on any atom is -0.481 e. The van der Waals surface area contributed by atoms with Crippen LogP contribution in [-0.2, 0) is 23.8 Å². The predicted octanol–water partition coefficient (Wildman–Crippen LogP) is 6.89. The van der Waals surface area contributed by atoms with Crippen LogP contribution in [0.5, 0.6) is 0 Å². The molecule has 2 unspecified atom stereocenters. The highest BCUT2D eigenvalue weighted by atomic mass is 16.6. The standard InChI is InChI=1S/C38H61NO6/c1-21(2)24(6)34(8)15-16-35(9)28-12-11-27-26-19-44-38(20-37(27,38)29(28)13-14-36(35,10)31(34)33(41)42)32(45-25(7)40)30(23(26)5)43-18-17-39-22(3)4/h13,21-24,26-28,30-32,39H,11-12,14-20H2,1-10H3,(H,41,42)/t23-,24+,26+,27?,28-,30+,31+,32-,34+,35+,36-,37-,38?/m0/s1. The molecule has 13 atom stereocenters. The summed E-state index contributed by atoms with van der Waals surface area (Å²) in [5.41, 5.74) is 0.0154. The summed E-state index contributed by atoms with van der Waals surface area (Å²) in [5.74, 6) is 0.733. The number of rotatable bonds is 9. The largest absolute Gasteiger partial charge is 0.481 e. The summed E-state index contributed by atoms with van der Waals surface area (Å²) >= 11 is 0. The lowest BCUT2D eigenvalue weighted by Gasteiger charge is -2.67. The van der Waals surface area contributed by atoms with Gasteiger partial charge in [-0.25, -0.2) is 0 Å². The van der Waals surface area contributed by atoms with Crippen LogP contribution in [0.3, 0.4) is 0 Å². The van der Waals surface area contributed by atoms with Crippen molar-refractivity contribution in [2.75, 3.05) is 19.8 Å². The van der Waals surface area contributed by atoms with Crippen LogP contribution in [0.1, 0.15) is 108 Å². The van der Waals surface area contributed by atoms with Crippen LogP contribution in [0, 0.1) is 63.1 Å². The first kappa shape index (κ1) is 33.5. The molecule has 254 valence electrons. The lowest BCUT2D eigenvalue weighted by Crippen LogP contribution is -2.64. The molecule has 7 aliphatic rings. The molecule has 45 heavy (non-hydrogen) atoms. The normalized spacial score (nSPS) is 48.8. The zero-order chi connectivity index (χ0) is 32.9. The first-order valence-electron chi connectivity index (χ1n) is 18.1. The Labute approximate surface area is 272 Å². The Balaban J connectivity index is 1.41. The molecule has 7 nitrogen and oxygen atoms in total. The number of allylic oxidation sites excluding steroid dienone is 1. The molecule has 0 radical (unpaired) electrons. The summed E-state index contributed by atoms with van der Waals surface area (Å²) in [6.07, 6.45) is 7.64. The molecule has 0 aromatic carbocycles. The molecular formula is C38H61NO6.